The third-order valence-corrected chi connectivity index (χ3v) is 16.2. The third-order valence-electron chi connectivity index (χ3n) is 14.4. The molecule has 0 unspecified atom stereocenters. The van der Waals surface area contributed by atoms with E-state index < -0.39 is 241 Å². The molecule has 0 N–H and O–H groups in total. The Balaban J connectivity index is 0.000000321. The summed E-state index contributed by atoms with van der Waals surface area (Å²) in [6, 6.07) is -8.03. The maximum absolute atomic E-state index is 15.6. The van der Waals surface area contributed by atoms with Crippen LogP contribution in [0.15, 0.2) is 153 Å². The fraction of sp³-hybridized carbons (Fsp3) is 0.378. The molecule has 8 aromatic rings. The summed E-state index contributed by atoms with van der Waals surface area (Å²) in [6.07, 6.45) is -20.4. The second kappa shape index (κ2) is 32.9. The Bertz CT molecular complexity index is 5830. The molecule has 2 amide bonds. The van der Waals surface area contributed by atoms with Crippen LogP contribution in [0.4, 0.5) is 35.1 Å². The lowest BCUT2D eigenvalue weighted by molar-refractivity contribution is -0.138. The number of hydrogen-bond acceptors (Lipinski definition) is 10. The minimum Gasteiger partial charge on any atom is -0.336 e. The van der Waals surface area contributed by atoms with Crippen LogP contribution in [0.1, 0.15) is 154 Å². The molecule has 12 nitrogen and oxygen atoms in total. The maximum atomic E-state index is 15.6. The van der Waals surface area contributed by atoms with E-state index >= 15 is 4.79 Å². The highest BCUT2D eigenvalue weighted by atomic mass is 32.2. The summed E-state index contributed by atoms with van der Waals surface area (Å²) < 4.78 is 408. The van der Waals surface area contributed by atoms with Gasteiger partial charge in [-0.05, 0) is 176 Å². The molecule has 0 aliphatic heterocycles. The van der Waals surface area contributed by atoms with Crippen molar-refractivity contribution < 1.29 is 91.3 Å². The highest BCUT2D eigenvalue weighted by molar-refractivity contribution is 7.98. The molecule has 6 aromatic carbocycles. The number of nitrogens with zero attached hydrogens (tertiary/aromatic N) is 8. The van der Waals surface area contributed by atoms with Crippen molar-refractivity contribution >= 4 is 35.3 Å². The number of rotatable bonds is 26. The van der Waals surface area contributed by atoms with Gasteiger partial charge in [-0.3, -0.25) is 19.2 Å². The summed E-state index contributed by atoms with van der Waals surface area (Å²) in [5, 5.41) is -1.48. The fourth-order valence-corrected chi connectivity index (χ4v) is 11.1. The maximum Gasteiger partial charge on any atom is 0.416 e. The van der Waals surface area contributed by atoms with Crippen LogP contribution >= 0.6 is 23.5 Å². The first kappa shape index (κ1) is 39.5. The topological polar surface area (TPSA) is 117 Å². The van der Waals surface area contributed by atoms with Crippen molar-refractivity contribution in [3.8, 4) is 22.3 Å². The molecule has 0 bridgehead atoms. The minimum absolute atomic E-state index is 0.0620. The van der Waals surface area contributed by atoms with E-state index in [0.29, 0.717) is 67.8 Å². The first-order valence-electron chi connectivity index (χ1n) is 46.0. The van der Waals surface area contributed by atoms with E-state index in [1.165, 1.54) is 36.0 Å². The molecular formula is C74H80F8N8O4S2. The monoisotopic (exact) mass is 1390 g/mol. The largest absolute Gasteiger partial charge is 0.416 e. The van der Waals surface area contributed by atoms with Gasteiger partial charge in [0.05, 0.1) is 38.5 Å². The van der Waals surface area contributed by atoms with Crippen molar-refractivity contribution in [2.45, 2.75) is 140 Å². The Labute approximate surface area is 611 Å². The molecule has 2 aromatic heterocycles. The van der Waals surface area contributed by atoms with Gasteiger partial charge in [-0.1, -0.05) is 142 Å². The lowest BCUT2D eigenvalue weighted by Crippen LogP contribution is -2.40. The van der Waals surface area contributed by atoms with Gasteiger partial charge in [0.2, 0.25) is 11.8 Å². The summed E-state index contributed by atoms with van der Waals surface area (Å²) >= 11 is 0.489. The first-order valence-corrected chi connectivity index (χ1v) is 30.8. The number of fused-ring (bicyclic) bond motifs is 2. The van der Waals surface area contributed by atoms with Gasteiger partial charge in [0.1, 0.15) is 24.7 Å². The Kier molecular flexibility index (Phi) is 13.5. The molecule has 0 fully saturated rings. The van der Waals surface area contributed by atoms with Crippen LogP contribution in [0, 0.1) is 25.5 Å². The van der Waals surface area contributed by atoms with Crippen LogP contribution in [0.3, 0.4) is 0 Å². The van der Waals surface area contributed by atoms with Gasteiger partial charge < -0.3 is 28.7 Å². The molecule has 0 saturated heterocycles. The summed E-state index contributed by atoms with van der Waals surface area (Å²) in [4.78, 5) is 66.3. The summed E-state index contributed by atoms with van der Waals surface area (Å²) in [5.74, 6) is -5.26. The van der Waals surface area contributed by atoms with Gasteiger partial charge in [-0.15, -0.1) is 0 Å². The Hall–Kier alpha value is -7.92. The number of carbonyl (C=O) groups excluding carboxylic acids is 2. The first-order chi connectivity index (χ1) is 59.2. The van der Waals surface area contributed by atoms with Crippen molar-refractivity contribution in [3.05, 3.63) is 232 Å². The molecule has 0 saturated carbocycles. The molecule has 96 heavy (non-hydrogen) atoms. The van der Waals surface area contributed by atoms with Gasteiger partial charge in [-0.25, -0.2) is 8.78 Å². The Morgan fingerprint density at radius 3 is 1.91 bits per heavy atom. The van der Waals surface area contributed by atoms with Crippen LogP contribution in [-0.4, -0.2) is 103 Å². The Morgan fingerprint density at radius 1 is 0.604 bits per heavy atom. The number of benzene rings is 6. The van der Waals surface area contributed by atoms with Gasteiger partial charge in [0.15, 0.2) is 10.3 Å². The van der Waals surface area contributed by atoms with Gasteiger partial charge in [0, 0.05) is 92.3 Å². The smallest absolute Gasteiger partial charge is 0.336 e. The zero-order valence-corrected chi connectivity index (χ0v) is 53.4. The van der Waals surface area contributed by atoms with E-state index in [2.05, 4.69) is 14.9 Å². The van der Waals surface area contributed by atoms with E-state index in [-0.39, 0.29) is 66.2 Å². The number of alkyl halides is 6. The third kappa shape index (κ3) is 18.8. The lowest BCUT2D eigenvalue weighted by atomic mass is 9.97. The van der Waals surface area contributed by atoms with Crippen molar-refractivity contribution in [2.24, 2.45) is 0 Å². The number of thioether (sulfide) groups is 2. The second-order valence-corrected chi connectivity index (χ2v) is 22.4. The van der Waals surface area contributed by atoms with Crippen LogP contribution in [0.2, 0.25) is 0 Å². The fourth-order valence-electron chi connectivity index (χ4n) is 9.47. The Morgan fingerprint density at radius 2 is 1.25 bits per heavy atom. The normalized spacial score (nSPS) is 20.6. The number of carbonyl (C=O) groups is 2. The quantitative estimate of drug-likeness (QED) is 0.0295. The van der Waals surface area contributed by atoms with Crippen molar-refractivity contribution in [2.75, 3.05) is 52.2 Å². The molecule has 2 aliphatic carbocycles. The highest BCUT2D eigenvalue weighted by Gasteiger charge is 2.33. The predicted molar refractivity (Wildman–Crippen MR) is 363 cm³/mol. The van der Waals surface area contributed by atoms with Crippen molar-refractivity contribution in [1.29, 1.82) is 0 Å². The number of hydrogen-bond donors (Lipinski definition) is 0. The van der Waals surface area contributed by atoms with Crippen LogP contribution < -0.4 is 11.1 Å². The van der Waals surface area contributed by atoms with E-state index in [9.17, 15) is 57.7 Å². The molecule has 0 atom stereocenters. The van der Waals surface area contributed by atoms with E-state index in [4.69, 9.17) is 38.4 Å². The van der Waals surface area contributed by atoms with Crippen LogP contribution in [0.5, 0.6) is 0 Å². The van der Waals surface area contributed by atoms with Gasteiger partial charge in [-0.2, -0.15) is 36.3 Å². The molecular weight excluding hydrogens is 1280 g/mol. The number of halogens is 8. The van der Waals surface area contributed by atoms with Crippen LogP contribution in [-0.2, 0) is 85.1 Å². The molecule has 10 rings (SSSR count). The van der Waals surface area contributed by atoms with E-state index in [1.807, 2.05) is 13.8 Å². The predicted octanol–water partition coefficient (Wildman–Crippen LogP) is 15.1. The zero-order valence-electron chi connectivity index (χ0n) is 85.7. The second-order valence-electron chi connectivity index (χ2n) is 20.6. The molecule has 2 aliphatic rings. The summed E-state index contributed by atoms with van der Waals surface area (Å²) in [7, 11) is 0. The average molecular weight is 1400 g/mol. The minimum atomic E-state index is -5.40. The molecule has 508 valence electrons. The highest BCUT2D eigenvalue weighted by Crippen LogP contribution is 2.36. The van der Waals surface area contributed by atoms with Crippen LogP contribution in [0.25, 0.3) is 22.3 Å². The average Bonchev–Trinajstić information content (AvgIpc) is 1.52. The number of amides is 2. The summed E-state index contributed by atoms with van der Waals surface area (Å²) in [6.45, 7) is -17.5. The molecule has 0 spiro atoms. The standard InChI is InChI=1S/2C37H40F4N4O2S/c1-4-43(5-2)19-20-44(22-27-11-18-31(25(3)21-27)28-12-14-29(15-13-28)37(39,40)41)34(46)23-45-33-8-6-7-32(33)35(47)42-36(45)48-24-26-9-16-30(38)17-10-26;1-4-43(5-2)19-20-44(22-26-9-13-28(14-10-26)29-15-18-32(25(3)21-29)37(39,40)41)34(46)23-45-33-8-6-7-31(33)35(47)42-36(45)48-24-27-11-16-30(38)17-12-27/h2*9-18,21H,4-8,19-20,22-24H2,1-3H3/i11D,18D,21D;4D2,5D2,6D2,7D2,8D2,9D,10D,11D,12D,13D,14D,15D,16D,17D,18D,19D2,20D2,21D,22D2,23D2,24D2. The molecule has 22 heteroatoms. The van der Waals surface area contributed by atoms with Gasteiger partial charge in [0.25, 0.3) is 11.1 Å². The zero-order chi connectivity index (χ0) is 99.0. The molecule has 0 radical (unpaired) electrons. The SMILES string of the molecule is [2H]c1c([2H])c(-c2ccc(C(F)(F)F)cc2)c(C)c([2H])c1CN(CCN(CC)CC)C(=O)Cn1c(SCc2ccc(F)cc2)nc(=O)c2c1CCC2.[2H]c1c([2H])c(C([2H])([2H])Sc2nc(=O)c3c(n2C([2H])([2H])C(=O)N(C([2H])([2H])c2c([2H])c([2H])c(-c4c([2H])c([2H])c(C(F)(F)F)c(C)c4[2H])c([2H])c2[2H])C([2H])([2H])C([2H])([2H])N(C([2H])([2H])C)C([2H])([2H])C)C([2H])([2H])C([2H])([2H])C3([2H])[2H])c([2H])c([2H])c1F. The number of likely N-dealkylation sites (N-methyl/N-ethyl adjacent to an activating group) is 2. The lowest BCUT2D eigenvalue weighted by Gasteiger charge is -2.28. The molecule has 2 heterocycles. The number of aromatic nitrogens is 4. The summed E-state index contributed by atoms with van der Waals surface area (Å²) in [5.41, 5.74) is -16.7. The van der Waals surface area contributed by atoms with Crippen molar-refractivity contribution in [3.63, 3.8) is 0 Å². The van der Waals surface area contributed by atoms with Crippen molar-refractivity contribution in [1.82, 2.24) is 38.7 Å². The van der Waals surface area contributed by atoms with Gasteiger partial charge >= 0.3 is 12.4 Å². The van der Waals surface area contributed by atoms with E-state index in [0.717, 1.165) is 42.9 Å². The van der Waals surface area contributed by atoms with E-state index in [1.54, 1.807) is 28.5 Å².